The van der Waals surface area contributed by atoms with Crippen molar-refractivity contribution in [3.05, 3.63) is 0 Å². The molecule has 1 unspecified atom stereocenters. The van der Waals surface area contributed by atoms with Crippen LogP contribution in [-0.4, -0.2) is 55.0 Å². The van der Waals surface area contributed by atoms with E-state index in [-0.39, 0.29) is 11.9 Å². The Kier molecular flexibility index (Phi) is 3.69. The van der Waals surface area contributed by atoms with Gasteiger partial charge in [-0.1, -0.05) is 6.92 Å². The van der Waals surface area contributed by atoms with Gasteiger partial charge in [0.2, 0.25) is 5.91 Å². The average Bonchev–Trinajstić information content (AvgIpc) is 2.11. The molecule has 13 heavy (non-hydrogen) atoms. The summed E-state index contributed by atoms with van der Waals surface area (Å²) in [5, 5.41) is 0. The first-order valence-corrected chi connectivity index (χ1v) is 4.87. The van der Waals surface area contributed by atoms with Crippen molar-refractivity contribution < 1.29 is 4.79 Å². The summed E-state index contributed by atoms with van der Waals surface area (Å²) in [4.78, 5) is 15.4. The van der Waals surface area contributed by atoms with Crippen LogP contribution in [0.4, 0.5) is 0 Å². The fourth-order valence-corrected chi connectivity index (χ4v) is 1.71. The Labute approximate surface area is 79.7 Å². The van der Waals surface area contributed by atoms with Gasteiger partial charge in [-0.25, -0.2) is 0 Å². The van der Waals surface area contributed by atoms with Crippen LogP contribution in [0.15, 0.2) is 0 Å². The van der Waals surface area contributed by atoms with Gasteiger partial charge in [0.25, 0.3) is 0 Å². The number of carbonyl (C=O) groups excluding carboxylic acids is 1. The van der Waals surface area contributed by atoms with E-state index in [0.29, 0.717) is 13.1 Å². The largest absolute Gasteiger partial charge is 0.339 e. The molecule has 1 atom stereocenters. The molecule has 1 aliphatic heterocycles. The lowest BCUT2D eigenvalue weighted by Crippen LogP contribution is -2.57. The molecule has 0 spiro atoms. The van der Waals surface area contributed by atoms with Gasteiger partial charge >= 0.3 is 0 Å². The molecule has 1 rings (SSSR count). The van der Waals surface area contributed by atoms with Crippen LogP contribution >= 0.6 is 0 Å². The summed E-state index contributed by atoms with van der Waals surface area (Å²) < 4.78 is 0. The molecule has 1 fully saturated rings. The number of amides is 1. The number of hydrogen-bond donors (Lipinski definition) is 1. The second-order valence-electron chi connectivity index (χ2n) is 3.63. The minimum absolute atomic E-state index is 0.190. The van der Waals surface area contributed by atoms with Crippen molar-refractivity contribution in [2.24, 2.45) is 5.73 Å². The fraction of sp³-hybridized carbons (Fsp3) is 0.889. The van der Waals surface area contributed by atoms with Gasteiger partial charge in [-0.15, -0.1) is 0 Å². The van der Waals surface area contributed by atoms with Crippen molar-refractivity contribution in [1.82, 2.24) is 9.80 Å². The maximum Gasteiger partial charge on any atom is 0.236 e. The van der Waals surface area contributed by atoms with Crippen molar-refractivity contribution in [1.29, 1.82) is 0 Å². The van der Waals surface area contributed by atoms with Gasteiger partial charge < -0.3 is 10.6 Å². The zero-order chi connectivity index (χ0) is 9.84. The van der Waals surface area contributed by atoms with E-state index in [1.165, 1.54) is 0 Å². The molecular formula is C9H19N3O. The van der Waals surface area contributed by atoms with Crippen molar-refractivity contribution >= 4 is 5.91 Å². The van der Waals surface area contributed by atoms with E-state index < -0.39 is 0 Å². The smallest absolute Gasteiger partial charge is 0.236 e. The lowest BCUT2D eigenvalue weighted by Gasteiger charge is -2.38. The van der Waals surface area contributed by atoms with Gasteiger partial charge in [0, 0.05) is 20.1 Å². The molecule has 0 aromatic rings. The predicted octanol–water partition coefficient (Wildman–Crippen LogP) is -0.502. The number of hydrogen-bond acceptors (Lipinski definition) is 3. The number of nitrogens with zero attached hydrogens (tertiary/aromatic N) is 2. The molecule has 0 aromatic carbocycles. The summed E-state index contributed by atoms with van der Waals surface area (Å²) in [6.45, 7) is 5.16. The Bertz CT molecular complexity index is 184. The Morgan fingerprint density at radius 3 is 2.85 bits per heavy atom. The molecule has 0 saturated carbocycles. The lowest BCUT2D eigenvalue weighted by molar-refractivity contribution is -0.137. The molecule has 1 heterocycles. The van der Waals surface area contributed by atoms with Crippen LogP contribution in [0.1, 0.15) is 13.3 Å². The molecule has 4 nitrogen and oxygen atoms in total. The van der Waals surface area contributed by atoms with E-state index in [1.54, 1.807) is 4.90 Å². The minimum atomic E-state index is 0.190. The lowest BCUT2D eigenvalue weighted by atomic mass is 10.1. The highest BCUT2D eigenvalue weighted by atomic mass is 16.2. The second-order valence-corrected chi connectivity index (χ2v) is 3.63. The summed E-state index contributed by atoms with van der Waals surface area (Å²) in [6.07, 6.45) is 1.09. The Morgan fingerprint density at radius 1 is 1.62 bits per heavy atom. The minimum Gasteiger partial charge on any atom is -0.339 e. The second kappa shape index (κ2) is 4.58. The van der Waals surface area contributed by atoms with Crippen LogP contribution in [0, 0.1) is 0 Å². The topological polar surface area (TPSA) is 49.6 Å². The third kappa shape index (κ3) is 2.42. The highest BCUT2D eigenvalue weighted by Crippen LogP contribution is 2.07. The molecule has 1 aliphatic rings. The van der Waals surface area contributed by atoms with E-state index in [2.05, 4.69) is 11.8 Å². The number of carbonyl (C=O) groups is 1. The van der Waals surface area contributed by atoms with Crippen LogP contribution in [0.25, 0.3) is 0 Å². The van der Waals surface area contributed by atoms with Gasteiger partial charge in [-0.05, 0) is 13.0 Å². The van der Waals surface area contributed by atoms with Crippen molar-refractivity contribution in [3.8, 4) is 0 Å². The molecule has 2 N–H and O–H groups in total. The van der Waals surface area contributed by atoms with Gasteiger partial charge in [0.15, 0.2) is 0 Å². The Morgan fingerprint density at radius 2 is 2.31 bits per heavy atom. The summed E-state index contributed by atoms with van der Waals surface area (Å²) >= 11 is 0. The summed E-state index contributed by atoms with van der Waals surface area (Å²) in [6, 6.07) is 0.202. The first kappa shape index (κ1) is 10.5. The van der Waals surface area contributed by atoms with Crippen LogP contribution in [-0.2, 0) is 4.79 Å². The third-order valence-electron chi connectivity index (χ3n) is 2.58. The normalized spacial score (nSPS) is 25.3. The molecule has 1 amide bonds. The fourth-order valence-electron chi connectivity index (χ4n) is 1.71. The van der Waals surface area contributed by atoms with Crippen LogP contribution < -0.4 is 5.73 Å². The van der Waals surface area contributed by atoms with Crippen molar-refractivity contribution in [3.63, 3.8) is 0 Å². The van der Waals surface area contributed by atoms with E-state index in [4.69, 9.17) is 5.73 Å². The molecule has 0 aliphatic carbocycles. The zero-order valence-electron chi connectivity index (χ0n) is 8.49. The molecule has 1 saturated heterocycles. The highest BCUT2D eigenvalue weighted by Gasteiger charge is 2.27. The predicted molar refractivity (Wildman–Crippen MR) is 52.3 cm³/mol. The summed E-state index contributed by atoms with van der Waals surface area (Å²) in [5.74, 6) is 0.190. The first-order chi connectivity index (χ1) is 6.19. The van der Waals surface area contributed by atoms with E-state index in [9.17, 15) is 4.79 Å². The van der Waals surface area contributed by atoms with Gasteiger partial charge in [-0.3, -0.25) is 9.69 Å². The van der Waals surface area contributed by atoms with Gasteiger partial charge in [0.1, 0.15) is 0 Å². The molecule has 76 valence electrons. The molecule has 4 heteroatoms. The third-order valence-corrected chi connectivity index (χ3v) is 2.58. The maximum atomic E-state index is 11.5. The summed E-state index contributed by atoms with van der Waals surface area (Å²) in [5.41, 5.74) is 5.59. The van der Waals surface area contributed by atoms with Gasteiger partial charge in [0.05, 0.1) is 12.6 Å². The number of rotatable bonds is 3. The molecular weight excluding hydrogens is 166 g/mol. The molecule has 0 bridgehead atoms. The summed E-state index contributed by atoms with van der Waals surface area (Å²) in [7, 11) is 1.84. The van der Waals surface area contributed by atoms with Crippen molar-refractivity contribution in [2.75, 3.05) is 33.2 Å². The van der Waals surface area contributed by atoms with E-state index in [1.807, 2.05) is 7.05 Å². The first-order valence-electron chi connectivity index (χ1n) is 4.87. The SMILES string of the molecule is CCCN1CC(=O)N(C)C(CN)C1. The van der Waals surface area contributed by atoms with Crippen LogP contribution in [0.2, 0.25) is 0 Å². The quantitative estimate of drug-likeness (QED) is 0.645. The van der Waals surface area contributed by atoms with E-state index in [0.717, 1.165) is 19.5 Å². The Hall–Kier alpha value is -0.610. The monoisotopic (exact) mass is 185 g/mol. The average molecular weight is 185 g/mol. The van der Waals surface area contributed by atoms with E-state index >= 15 is 0 Å². The molecule has 0 aromatic heterocycles. The number of nitrogens with two attached hydrogens (primary N) is 1. The van der Waals surface area contributed by atoms with Crippen molar-refractivity contribution in [2.45, 2.75) is 19.4 Å². The molecule has 0 radical (unpaired) electrons. The number of piperazine rings is 1. The maximum absolute atomic E-state index is 11.5. The zero-order valence-corrected chi connectivity index (χ0v) is 8.49. The highest BCUT2D eigenvalue weighted by molar-refractivity contribution is 5.79. The number of likely N-dealkylation sites (N-methyl/N-ethyl adjacent to an activating group) is 1. The van der Waals surface area contributed by atoms with Crippen LogP contribution in [0.5, 0.6) is 0 Å². The van der Waals surface area contributed by atoms with Crippen LogP contribution in [0.3, 0.4) is 0 Å². The Balaban J connectivity index is 2.53. The van der Waals surface area contributed by atoms with Gasteiger partial charge in [-0.2, -0.15) is 0 Å². The standard InChI is InChI=1S/C9H19N3O/c1-3-4-12-6-8(5-10)11(2)9(13)7-12/h8H,3-7,10H2,1-2H3.